The van der Waals surface area contributed by atoms with Gasteiger partial charge in [-0.05, 0) is 42.9 Å². The van der Waals surface area contributed by atoms with E-state index in [2.05, 4.69) is 4.72 Å². The van der Waals surface area contributed by atoms with Gasteiger partial charge < -0.3 is 4.90 Å². The Hall–Kier alpha value is -1.40. The van der Waals surface area contributed by atoms with Crippen LogP contribution in [0.1, 0.15) is 39.2 Å². The molecule has 1 N–H and O–H groups in total. The van der Waals surface area contributed by atoms with Crippen molar-refractivity contribution in [3.8, 4) is 0 Å². The van der Waals surface area contributed by atoms with Crippen molar-refractivity contribution in [1.82, 2.24) is 9.62 Å². The molecule has 1 aliphatic heterocycles. The molecule has 23 heavy (non-hydrogen) atoms. The maximum atomic E-state index is 12.6. The molecule has 0 saturated carbocycles. The fraction of sp³-hybridized carbons (Fsp3) is 0.588. The summed E-state index contributed by atoms with van der Waals surface area (Å²) in [7, 11) is -3.70. The Morgan fingerprint density at radius 2 is 1.74 bits per heavy atom. The highest BCUT2D eigenvalue weighted by Gasteiger charge is 2.32. The number of nitrogens with one attached hydrogen (secondary N) is 1. The minimum atomic E-state index is -3.70. The van der Waals surface area contributed by atoms with E-state index in [4.69, 9.17) is 0 Å². The van der Waals surface area contributed by atoms with Crippen molar-refractivity contribution in [3.63, 3.8) is 0 Å². The van der Waals surface area contributed by atoms with Crippen molar-refractivity contribution >= 4 is 15.9 Å². The molecule has 0 unspecified atom stereocenters. The van der Waals surface area contributed by atoms with Crippen molar-refractivity contribution < 1.29 is 13.2 Å². The van der Waals surface area contributed by atoms with Gasteiger partial charge in [-0.25, -0.2) is 8.42 Å². The maximum absolute atomic E-state index is 12.6. The maximum Gasteiger partial charge on any atom is 0.241 e. The van der Waals surface area contributed by atoms with Crippen LogP contribution in [0.5, 0.6) is 0 Å². The summed E-state index contributed by atoms with van der Waals surface area (Å²) in [5, 5.41) is 0. The molecule has 0 radical (unpaired) electrons. The lowest BCUT2D eigenvalue weighted by Gasteiger charge is -2.26. The number of aryl methyl sites for hydroxylation is 1. The van der Waals surface area contributed by atoms with Gasteiger partial charge in [-0.3, -0.25) is 4.79 Å². The van der Waals surface area contributed by atoms with Crippen LogP contribution in [0.15, 0.2) is 29.2 Å². The van der Waals surface area contributed by atoms with Crippen LogP contribution in [0.2, 0.25) is 0 Å². The fourth-order valence-electron chi connectivity index (χ4n) is 2.75. The van der Waals surface area contributed by atoms with Crippen LogP contribution in [-0.2, 0) is 21.2 Å². The molecule has 1 heterocycles. The summed E-state index contributed by atoms with van der Waals surface area (Å²) in [5.41, 5.74) is 1.08. The molecule has 1 aliphatic rings. The molecular formula is C17H26N2O3S. The molecule has 0 spiro atoms. The molecule has 5 nitrogen and oxygen atoms in total. The Kier molecular flexibility index (Phi) is 5.81. The molecule has 2 rings (SSSR count). The van der Waals surface area contributed by atoms with Crippen molar-refractivity contribution in [3.05, 3.63) is 29.8 Å². The van der Waals surface area contributed by atoms with Crippen LogP contribution < -0.4 is 4.72 Å². The summed E-state index contributed by atoms with van der Waals surface area (Å²) in [5.74, 6) is -0.223. The van der Waals surface area contributed by atoms with Crippen molar-refractivity contribution in [2.75, 3.05) is 13.1 Å². The quantitative estimate of drug-likeness (QED) is 0.864. The number of sulfonamides is 1. The second kappa shape index (κ2) is 7.45. The minimum Gasteiger partial charge on any atom is -0.341 e. The van der Waals surface area contributed by atoms with Crippen LogP contribution in [0.4, 0.5) is 0 Å². The van der Waals surface area contributed by atoms with E-state index in [0.29, 0.717) is 0 Å². The highest BCUT2D eigenvalue weighted by molar-refractivity contribution is 7.89. The van der Waals surface area contributed by atoms with Crippen LogP contribution in [0.25, 0.3) is 0 Å². The number of carbonyl (C=O) groups excluding carboxylic acids is 1. The number of benzene rings is 1. The molecule has 1 fully saturated rings. The average Bonchev–Trinajstić information content (AvgIpc) is 3.06. The summed E-state index contributed by atoms with van der Waals surface area (Å²) < 4.78 is 27.8. The van der Waals surface area contributed by atoms with E-state index < -0.39 is 16.1 Å². The largest absolute Gasteiger partial charge is 0.341 e. The molecule has 0 aliphatic carbocycles. The summed E-state index contributed by atoms with van der Waals surface area (Å²) in [6.45, 7) is 7.18. The van der Waals surface area contributed by atoms with E-state index in [1.54, 1.807) is 29.2 Å². The van der Waals surface area contributed by atoms with Crippen LogP contribution in [0.3, 0.4) is 0 Å². The molecule has 1 atom stereocenters. The van der Waals surface area contributed by atoms with Gasteiger partial charge in [-0.2, -0.15) is 4.72 Å². The van der Waals surface area contributed by atoms with Gasteiger partial charge in [0.25, 0.3) is 0 Å². The van der Waals surface area contributed by atoms with Crippen molar-refractivity contribution in [2.24, 2.45) is 5.92 Å². The fourth-order valence-corrected chi connectivity index (χ4v) is 4.08. The first-order valence-corrected chi connectivity index (χ1v) is 9.73. The number of likely N-dealkylation sites (tertiary alicyclic amines) is 1. The van der Waals surface area contributed by atoms with Crippen molar-refractivity contribution in [1.29, 1.82) is 0 Å². The van der Waals surface area contributed by atoms with Gasteiger partial charge in [0, 0.05) is 13.1 Å². The third-order valence-electron chi connectivity index (χ3n) is 4.27. The number of hydrogen-bond acceptors (Lipinski definition) is 3. The van der Waals surface area contributed by atoms with Gasteiger partial charge in [0.15, 0.2) is 0 Å². The summed E-state index contributed by atoms with van der Waals surface area (Å²) in [4.78, 5) is 14.6. The molecule has 1 aromatic carbocycles. The third-order valence-corrected chi connectivity index (χ3v) is 5.73. The van der Waals surface area contributed by atoms with Gasteiger partial charge in [0.1, 0.15) is 6.04 Å². The highest BCUT2D eigenvalue weighted by atomic mass is 32.2. The second-order valence-corrected chi connectivity index (χ2v) is 8.09. The number of carbonyl (C=O) groups is 1. The lowest BCUT2D eigenvalue weighted by molar-refractivity contribution is -0.132. The summed E-state index contributed by atoms with van der Waals surface area (Å²) in [6, 6.07) is 6.09. The molecule has 6 heteroatoms. The molecule has 128 valence electrons. The van der Waals surface area contributed by atoms with Gasteiger partial charge in [0.05, 0.1) is 4.90 Å². The third kappa shape index (κ3) is 4.32. The Labute approximate surface area is 139 Å². The van der Waals surface area contributed by atoms with Gasteiger partial charge in [0.2, 0.25) is 15.9 Å². The zero-order chi connectivity index (χ0) is 17.0. The van der Waals surface area contributed by atoms with Crippen molar-refractivity contribution in [2.45, 2.75) is 51.0 Å². The van der Waals surface area contributed by atoms with Gasteiger partial charge >= 0.3 is 0 Å². The standard InChI is InChI=1S/C17H26N2O3S/c1-4-14-7-9-15(10-8-14)23(21,22)18-16(13(2)3)17(20)19-11-5-6-12-19/h7-10,13,16,18H,4-6,11-12H2,1-3H3/t16-/m1/s1. The Balaban J connectivity index is 2.18. The molecular weight excluding hydrogens is 312 g/mol. The topological polar surface area (TPSA) is 66.5 Å². The zero-order valence-corrected chi connectivity index (χ0v) is 14.9. The van der Waals surface area contributed by atoms with E-state index >= 15 is 0 Å². The summed E-state index contributed by atoms with van der Waals surface area (Å²) >= 11 is 0. The first kappa shape index (κ1) is 17.9. The average molecular weight is 338 g/mol. The number of rotatable bonds is 6. The van der Waals surface area contributed by atoms with E-state index in [9.17, 15) is 13.2 Å². The van der Waals surface area contributed by atoms with Gasteiger partial charge in [-0.1, -0.05) is 32.9 Å². The molecule has 1 amide bonds. The lowest BCUT2D eigenvalue weighted by atomic mass is 10.0. The Morgan fingerprint density at radius 3 is 2.22 bits per heavy atom. The monoisotopic (exact) mass is 338 g/mol. The summed E-state index contributed by atoms with van der Waals surface area (Å²) in [6.07, 6.45) is 2.83. The molecule has 1 aromatic rings. The zero-order valence-electron chi connectivity index (χ0n) is 14.1. The first-order chi connectivity index (χ1) is 10.8. The highest BCUT2D eigenvalue weighted by Crippen LogP contribution is 2.17. The predicted molar refractivity (Wildman–Crippen MR) is 90.6 cm³/mol. The minimum absolute atomic E-state index is 0.104. The normalized spacial score (nSPS) is 16.8. The lowest BCUT2D eigenvalue weighted by Crippen LogP contribution is -2.50. The number of amides is 1. The number of hydrogen-bond donors (Lipinski definition) is 1. The first-order valence-electron chi connectivity index (χ1n) is 8.25. The Morgan fingerprint density at radius 1 is 1.17 bits per heavy atom. The van der Waals surface area contributed by atoms with E-state index in [1.807, 2.05) is 20.8 Å². The predicted octanol–water partition coefficient (Wildman–Crippen LogP) is 2.17. The van der Waals surface area contributed by atoms with Crippen LogP contribution >= 0.6 is 0 Å². The van der Waals surface area contributed by atoms with E-state index in [1.165, 1.54) is 0 Å². The van der Waals surface area contributed by atoms with Crippen LogP contribution in [0, 0.1) is 5.92 Å². The second-order valence-electron chi connectivity index (χ2n) is 6.37. The van der Waals surface area contributed by atoms with Gasteiger partial charge in [-0.15, -0.1) is 0 Å². The smallest absolute Gasteiger partial charge is 0.241 e. The Bertz CT molecular complexity index is 632. The van der Waals surface area contributed by atoms with E-state index in [-0.39, 0.29) is 16.7 Å². The molecule has 0 aromatic heterocycles. The van der Waals surface area contributed by atoms with Crippen LogP contribution in [-0.4, -0.2) is 38.4 Å². The SMILES string of the molecule is CCc1ccc(S(=O)(=O)N[C@@H](C(=O)N2CCCC2)C(C)C)cc1. The molecule has 1 saturated heterocycles. The molecule has 0 bridgehead atoms. The number of nitrogens with zero attached hydrogens (tertiary/aromatic N) is 1. The van der Waals surface area contributed by atoms with E-state index in [0.717, 1.165) is 37.9 Å².